The van der Waals surface area contributed by atoms with Crippen LogP contribution in [0.2, 0.25) is 0 Å². The van der Waals surface area contributed by atoms with Gasteiger partial charge in [0.2, 0.25) is 0 Å². The van der Waals surface area contributed by atoms with Crippen molar-refractivity contribution < 1.29 is 13.9 Å². The van der Waals surface area contributed by atoms with E-state index in [1.165, 1.54) is 0 Å². The number of carbonyl (C=O) groups excluding carboxylic acids is 1. The van der Waals surface area contributed by atoms with E-state index >= 15 is 0 Å². The van der Waals surface area contributed by atoms with Crippen LogP contribution in [0.1, 0.15) is 16.1 Å². The molecule has 0 saturated carbocycles. The van der Waals surface area contributed by atoms with Gasteiger partial charge in [-0.15, -0.1) is 0 Å². The van der Waals surface area contributed by atoms with Gasteiger partial charge in [0.25, 0.3) is 0 Å². The summed E-state index contributed by atoms with van der Waals surface area (Å²) < 4.78 is 11.2. The summed E-state index contributed by atoms with van der Waals surface area (Å²) in [6, 6.07) is 12.8. The highest BCUT2D eigenvalue weighted by Gasteiger charge is 2.08. The van der Waals surface area contributed by atoms with Crippen molar-refractivity contribution in [3.63, 3.8) is 0 Å². The second kappa shape index (κ2) is 5.63. The summed E-state index contributed by atoms with van der Waals surface area (Å²) in [7, 11) is 0. The molecule has 0 N–H and O–H groups in total. The quantitative estimate of drug-likeness (QED) is 0.670. The molecule has 3 aromatic rings. The number of carbonyl (C=O) groups is 1. The van der Waals surface area contributed by atoms with Gasteiger partial charge in [-0.05, 0) is 55.0 Å². The predicted octanol–water partition coefficient (Wildman–Crippen LogP) is 4.25. The number of hydrogen-bond acceptors (Lipinski definition) is 4. The van der Waals surface area contributed by atoms with Crippen molar-refractivity contribution in [1.29, 1.82) is 0 Å². The summed E-state index contributed by atoms with van der Waals surface area (Å²) in [6.45, 7) is 1.97. The van der Waals surface area contributed by atoms with Gasteiger partial charge < -0.3 is 9.15 Å². The lowest BCUT2D eigenvalue weighted by molar-refractivity contribution is 0.110. The molecule has 2 heterocycles. The molecule has 0 spiro atoms. The number of nitrogens with zero attached hydrogens (tertiary/aromatic N) is 1. The Hall–Kier alpha value is -2.88. The number of benzene rings is 1. The van der Waals surface area contributed by atoms with Crippen molar-refractivity contribution >= 4 is 6.29 Å². The Morgan fingerprint density at radius 2 is 2.05 bits per heavy atom. The van der Waals surface area contributed by atoms with Crippen LogP contribution < -0.4 is 4.74 Å². The average molecular weight is 279 g/mol. The first-order chi connectivity index (χ1) is 10.3. The molecule has 0 atom stereocenters. The minimum Gasteiger partial charge on any atom is -0.456 e. The maximum absolute atomic E-state index is 10.7. The largest absolute Gasteiger partial charge is 0.456 e. The van der Waals surface area contributed by atoms with Crippen LogP contribution >= 0.6 is 0 Å². The highest BCUT2D eigenvalue weighted by atomic mass is 16.5. The van der Waals surface area contributed by atoms with Gasteiger partial charge >= 0.3 is 0 Å². The van der Waals surface area contributed by atoms with Crippen molar-refractivity contribution in [2.45, 2.75) is 6.92 Å². The van der Waals surface area contributed by atoms with Crippen molar-refractivity contribution in [3.8, 4) is 22.8 Å². The predicted molar refractivity (Wildman–Crippen MR) is 78.6 cm³/mol. The molecular weight excluding hydrogens is 266 g/mol. The molecule has 2 aromatic heterocycles. The van der Waals surface area contributed by atoms with Crippen molar-refractivity contribution in [2.75, 3.05) is 0 Å². The topological polar surface area (TPSA) is 52.3 Å². The summed E-state index contributed by atoms with van der Waals surface area (Å²) in [5.74, 6) is 2.40. The summed E-state index contributed by atoms with van der Waals surface area (Å²) in [5, 5.41) is 0. The molecule has 0 aliphatic rings. The van der Waals surface area contributed by atoms with Crippen LogP contribution in [-0.4, -0.2) is 11.3 Å². The van der Waals surface area contributed by atoms with E-state index in [0.717, 1.165) is 16.9 Å². The van der Waals surface area contributed by atoms with Crippen LogP contribution in [0.25, 0.3) is 11.3 Å². The molecular formula is C17H13NO3. The van der Waals surface area contributed by atoms with Crippen LogP contribution in [-0.2, 0) is 0 Å². The zero-order valence-electron chi connectivity index (χ0n) is 11.4. The SMILES string of the molecule is Cc1cc(Oc2cccnc2)ccc1-c1ccc(C=O)o1. The van der Waals surface area contributed by atoms with Crippen LogP contribution in [0.15, 0.2) is 59.3 Å². The van der Waals surface area contributed by atoms with E-state index < -0.39 is 0 Å². The van der Waals surface area contributed by atoms with Gasteiger partial charge in [-0.2, -0.15) is 0 Å². The molecule has 0 aliphatic heterocycles. The van der Waals surface area contributed by atoms with Crippen LogP contribution in [0, 0.1) is 6.92 Å². The fourth-order valence-corrected chi connectivity index (χ4v) is 2.08. The van der Waals surface area contributed by atoms with Crippen LogP contribution in [0.4, 0.5) is 0 Å². The van der Waals surface area contributed by atoms with E-state index in [-0.39, 0.29) is 0 Å². The molecule has 21 heavy (non-hydrogen) atoms. The Morgan fingerprint density at radius 3 is 2.71 bits per heavy atom. The first-order valence-corrected chi connectivity index (χ1v) is 6.50. The number of aryl methyl sites for hydroxylation is 1. The second-order valence-corrected chi connectivity index (χ2v) is 4.59. The molecule has 0 amide bonds. The van der Waals surface area contributed by atoms with E-state index in [0.29, 0.717) is 23.6 Å². The number of pyridine rings is 1. The van der Waals surface area contributed by atoms with Gasteiger partial charge in [-0.1, -0.05) is 0 Å². The Kier molecular flexibility index (Phi) is 3.51. The lowest BCUT2D eigenvalue weighted by atomic mass is 10.1. The lowest BCUT2D eigenvalue weighted by Gasteiger charge is -2.08. The minimum atomic E-state index is 0.320. The molecule has 0 saturated heterocycles. The fourth-order valence-electron chi connectivity index (χ4n) is 2.08. The number of aldehydes is 1. The zero-order valence-corrected chi connectivity index (χ0v) is 11.4. The smallest absolute Gasteiger partial charge is 0.185 e. The molecule has 0 radical (unpaired) electrons. The van der Waals surface area contributed by atoms with Crippen LogP contribution in [0.5, 0.6) is 11.5 Å². The van der Waals surface area contributed by atoms with E-state index in [4.69, 9.17) is 9.15 Å². The molecule has 0 bridgehead atoms. The van der Waals surface area contributed by atoms with E-state index in [2.05, 4.69) is 4.98 Å². The first-order valence-electron chi connectivity index (χ1n) is 6.50. The van der Waals surface area contributed by atoms with Gasteiger partial charge in [0.1, 0.15) is 17.3 Å². The molecule has 0 unspecified atom stereocenters. The molecule has 4 nitrogen and oxygen atoms in total. The number of rotatable bonds is 4. The number of furan rings is 1. The minimum absolute atomic E-state index is 0.320. The maximum atomic E-state index is 10.7. The van der Waals surface area contributed by atoms with Gasteiger partial charge in [-0.25, -0.2) is 0 Å². The molecule has 0 aliphatic carbocycles. The third-order valence-electron chi connectivity index (χ3n) is 3.08. The van der Waals surface area contributed by atoms with Gasteiger partial charge in [0.15, 0.2) is 12.0 Å². The summed E-state index contributed by atoms with van der Waals surface area (Å²) in [4.78, 5) is 14.7. The Labute approximate surface area is 122 Å². The van der Waals surface area contributed by atoms with Crippen LogP contribution in [0.3, 0.4) is 0 Å². The Balaban J connectivity index is 1.87. The van der Waals surface area contributed by atoms with E-state index in [1.807, 2.05) is 37.3 Å². The molecule has 0 fully saturated rings. The second-order valence-electron chi connectivity index (χ2n) is 4.59. The summed E-state index contributed by atoms with van der Waals surface area (Å²) in [5.41, 5.74) is 1.94. The van der Waals surface area contributed by atoms with Gasteiger partial charge in [-0.3, -0.25) is 9.78 Å². The monoisotopic (exact) mass is 279 g/mol. The first kappa shape index (κ1) is 13.1. The number of ether oxygens (including phenoxy) is 1. The third-order valence-corrected chi connectivity index (χ3v) is 3.08. The highest BCUT2D eigenvalue weighted by molar-refractivity contribution is 5.73. The standard InChI is InChI=1S/C17H13NO3/c1-12-9-13(20-14-3-2-8-18-10-14)4-6-16(12)17-7-5-15(11-19)21-17/h2-11H,1H3. The van der Waals surface area contributed by atoms with Gasteiger partial charge in [0, 0.05) is 11.8 Å². The number of hydrogen-bond donors (Lipinski definition) is 0. The molecule has 1 aromatic carbocycles. The molecule has 3 rings (SSSR count). The van der Waals surface area contributed by atoms with Crippen molar-refractivity contribution in [3.05, 3.63) is 66.2 Å². The van der Waals surface area contributed by atoms with Crippen molar-refractivity contribution in [2.24, 2.45) is 0 Å². The third kappa shape index (κ3) is 2.84. The highest BCUT2D eigenvalue weighted by Crippen LogP contribution is 2.30. The lowest BCUT2D eigenvalue weighted by Crippen LogP contribution is -1.87. The normalized spacial score (nSPS) is 10.3. The fraction of sp³-hybridized carbons (Fsp3) is 0.0588. The van der Waals surface area contributed by atoms with E-state index in [9.17, 15) is 4.79 Å². The summed E-state index contributed by atoms with van der Waals surface area (Å²) in [6.07, 6.45) is 4.05. The van der Waals surface area contributed by atoms with Gasteiger partial charge in [0.05, 0.1) is 6.20 Å². The maximum Gasteiger partial charge on any atom is 0.185 e. The Morgan fingerprint density at radius 1 is 1.14 bits per heavy atom. The molecule has 4 heteroatoms. The molecule has 104 valence electrons. The summed E-state index contributed by atoms with van der Waals surface area (Å²) >= 11 is 0. The van der Waals surface area contributed by atoms with E-state index in [1.54, 1.807) is 24.5 Å². The number of aromatic nitrogens is 1. The average Bonchev–Trinajstić information content (AvgIpc) is 2.97. The van der Waals surface area contributed by atoms with Crippen molar-refractivity contribution in [1.82, 2.24) is 4.98 Å². The Bertz CT molecular complexity index is 763. The zero-order chi connectivity index (χ0) is 14.7.